The molecule has 3 aromatic rings. The molecule has 0 spiro atoms. The standard InChI is InChI=1S/C28H31ClN4O4/c1-28(36,22-4-7-24(18-35)31-16-22)19-32-10-11-33(27(17-32)20-2-5-23(29)6-3-20)26-9-8-25(37-13-12-34)14-21(26)15-30/h2-9,14,16,27,34-36H,10-13,17-19H2,1H3/t27-,28+/m0/s1. The highest BCUT2D eigenvalue weighted by Crippen LogP contribution is 2.36. The molecule has 1 aromatic heterocycles. The zero-order valence-electron chi connectivity index (χ0n) is 20.7. The summed E-state index contributed by atoms with van der Waals surface area (Å²) in [6, 6.07) is 18.8. The van der Waals surface area contributed by atoms with E-state index in [1.807, 2.05) is 36.4 Å². The Labute approximate surface area is 221 Å². The summed E-state index contributed by atoms with van der Waals surface area (Å²) >= 11 is 6.16. The van der Waals surface area contributed by atoms with Crippen molar-refractivity contribution in [2.24, 2.45) is 0 Å². The van der Waals surface area contributed by atoms with E-state index in [2.05, 4.69) is 20.9 Å². The normalized spacial score (nSPS) is 17.7. The van der Waals surface area contributed by atoms with Crippen LogP contribution in [0.3, 0.4) is 0 Å². The number of aliphatic hydroxyl groups is 3. The molecule has 1 saturated heterocycles. The van der Waals surface area contributed by atoms with E-state index in [0.717, 1.165) is 11.3 Å². The zero-order chi connectivity index (χ0) is 26.4. The van der Waals surface area contributed by atoms with Gasteiger partial charge in [0.25, 0.3) is 0 Å². The van der Waals surface area contributed by atoms with Crippen LogP contribution >= 0.6 is 11.6 Å². The molecule has 0 amide bonds. The predicted molar refractivity (Wildman–Crippen MR) is 141 cm³/mol. The third kappa shape index (κ3) is 6.39. The Bertz CT molecular complexity index is 1230. The van der Waals surface area contributed by atoms with Crippen LogP contribution < -0.4 is 9.64 Å². The van der Waals surface area contributed by atoms with Gasteiger partial charge in [-0.1, -0.05) is 29.8 Å². The Morgan fingerprint density at radius 1 is 1.14 bits per heavy atom. The fraction of sp³-hybridized carbons (Fsp3) is 0.357. The van der Waals surface area contributed by atoms with Crippen LogP contribution in [-0.4, -0.2) is 64.6 Å². The van der Waals surface area contributed by atoms with Gasteiger partial charge in [0, 0.05) is 43.0 Å². The van der Waals surface area contributed by atoms with Gasteiger partial charge in [-0.05, 0) is 48.9 Å². The first-order chi connectivity index (χ1) is 17.8. The van der Waals surface area contributed by atoms with Gasteiger partial charge in [0.1, 0.15) is 24.0 Å². The van der Waals surface area contributed by atoms with Crippen molar-refractivity contribution in [2.75, 3.05) is 44.3 Å². The van der Waals surface area contributed by atoms with Gasteiger partial charge in [0.05, 0.1) is 36.2 Å². The highest BCUT2D eigenvalue weighted by Gasteiger charge is 2.34. The number of hydrogen-bond acceptors (Lipinski definition) is 8. The first-order valence-corrected chi connectivity index (χ1v) is 12.5. The van der Waals surface area contributed by atoms with Gasteiger partial charge in [-0.3, -0.25) is 9.88 Å². The number of β-amino-alcohol motifs (C(OH)–C–C–N with tert-alkyl or cyclic N) is 1. The Kier molecular flexibility index (Phi) is 8.64. The number of pyridine rings is 1. The molecule has 1 fully saturated rings. The lowest BCUT2D eigenvalue weighted by atomic mass is 9.94. The number of ether oxygens (including phenoxy) is 1. The van der Waals surface area contributed by atoms with Crippen molar-refractivity contribution in [1.82, 2.24) is 9.88 Å². The van der Waals surface area contributed by atoms with E-state index in [1.165, 1.54) is 0 Å². The Balaban J connectivity index is 1.60. The van der Waals surface area contributed by atoms with Crippen LogP contribution in [-0.2, 0) is 12.2 Å². The topological polar surface area (TPSA) is 113 Å². The van der Waals surface area contributed by atoms with Crippen LogP contribution in [0.4, 0.5) is 5.69 Å². The quantitative estimate of drug-likeness (QED) is 0.392. The molecule has 37 heavy (non-hydrogen) atoms. The van der Waals surface area contributed by atoms with E-state index in [9.17, 15) is 15.5 Å². The number of aliphatic hydroxyl groups excluding tert-OH is 2. The van der Waals surface area contributed by atoms with Crippen LogP contribution in [0.5, 0.6) is 5.75 Å². The summed E-state index contributed by atoms with van der Waals surface area (Å²) in [4.78, 5) is 8.64. The van der Waals surface area contributed by atoms with Crippen molar-refractivity contribution in [3.8, 4) is 11.8 Å². The van der Waals surface area contributed by atoms with E-state index in [1.54, 1.807) is 31.3 Å². The van der Waals surface area contributed by atoms with Gasteiger partial charge in [-0.2, -0.15) is 5.26 Å². The predicted octanol–water partition coefficient (Wildman–Crippen LogP) is 3.24. The molecule has 1 aliphatic heterocycles. The van der Waals surface area contributed by atoms with E-state index in [4.69, 9.17) is 21.4 Å². The first-order valence-electron chi connectivity index (χ1n) is 12.2. The maximum Gasteiger partial charge on any atom is 0.120 e. The van der Waals surface area contributed by atoms with E-state index < -0.39 is 5.60 Å². The van der Waals surface area contributed by atoms with Gasteiger partial charge < -0.3 is 25.0 Å². The Hall–Kier alpha value is -3.19. The molecule has 2 atom stereocenters. The number of benzene rings is 2. The summed E-state index contributed by atoms with van der Waals surface area (Å²) in [5.41, 5.74) is 2.43. The fourth-order valence-corrected chi connectivity index (χ4v) is 4.84. The molecule has 0 bridgehead atoms. The number of aromatic nitrogens is 1. The molecule has 9 heteroatoms. The number of hydrogen-bond donors (Lipinski definition) is 3. The smallest absolute Gasteiger partial charge is 0.120 e. The largest absolute Gasteiger partial charge is 0.491 e. The van der Waals surface area contributed by atoms with E-state index in [0.29, 0.717) is 53.8 Å². The van der Waals surface area contributed by atoms with Gasteiger partial charge in [-0.25, -0.2) is 0 Å². The Morgan fingerprint density at radius 3 is 2.57 bits per heavy atom. The molecule has 4 rings (SSSR count). The van der Waals surface area contributed by atoms with Crippen LogP contribution in [0.25, 0.3) is 0 Å². The SMILES string of the molecule is C[C@@](O)(CN1CCN(c2ccc(OCCO)cc2C#N)[C@H](c2ccc(Cl)cc2)C1)c1ccc(CO)nc1. The number of piperazine rings is 1. The third-order valence-electron chi connectivity index (χ3n) is 6.62. The third-order valence-corrected chi connectivity index (χ3v) is 6.87. The van der Waals surface area contributed by atoms with Crippen molar-refractivity contribution >= 4 is 17.3 Å². The zero-order valence-corrected chi connectivity index (χ0v) is 21.5. The minimum Gasteiger partial charge on any atom is -0.491 e. The molecule has 3 N–H and O–H groups in total. The minimum atomic E-state index is -1.14. The molecule has 2 aromatic carbocycles. The first kappa shape index (κ1) is 26.9. The van der Waals surface area contributed by atoms with E-state index in [-0.39, 0.29) is 25.9 Å². The van der Waals surface area contributed by atoms with Crippen LogP contribution in [0.15, 0.2) is 60.8 Å². The average molecular weight is 523 g/mol. The lowest BCUT2D eigenvalue weighted by Crippen LogP contribution is -2.52. The van der Waals surface area contributed by atoms with Crippen molar-refractivity contribution in [2.45, 2.75) is 25.2 Å². The van der Waals surface area contributed by atoms with Crippen molar-refractivity contribution in [1.29, 1.82) is 5.26 Å². The van der Waals surface area contributed by atoms with Crippen LogP contribution in [0, 0.1) is 11.3 Å². The maximum absolute atomic E-state index is 11.3. The molecule has 0 aliphatic carbocycles. The monoisotopic (exact) mass is 522 g/mol. The van der Waals surface area contributed by atoms with Gasteiger partial charge in [0.15, 0.2) is 0 Å². The number of anilines is 1. The van der Waals surface area contributed by atoms with E-state index >= 15 is 0 Å². The summed E-state index contributed by atoms with van der Waals surface area (Å²) < 4.78 is 5.50. The molecule has 1 aliphatic rings. The second-order valence-corrected chi connectivity index (χ2v) is 9.77. The molecule has 2 heterocycles. The summed E-state index contributed by atoms with van der Waals surface area (Å²) in [5, 5.41) is 40.2. The number of rotatable bonds is 9. The number of nitriles is 1. The summed E-state index contributed by atoms with van der Waals surface area (Å²) in [5.74, 6) is 0.535. The average Bonchev–Trinajstić information content (AvgIpc) is 2.92. The van der Waals surface area contributed by atoms with Gasteiger partial charge in [-0.15, -0.1) is 0 Å². The molecular formula is C28H31ClN4O4. The summed E-state index contributed by atoms with van der Waals surface area (Å²) in [6.45, 7) is 4.01. The molecule has 0 radical (unpaired) electrons. The van der Waals surface area contributed by atoms with Crippen molar-refractivity contribution in [3.05, 3.63) is 88.2 Å². The highest BCUT2D eigenvalue weighted by molar-refractivity contribution is 6.30. The maximum atomic E-state index is 11.3. The Morgan fingerprint density at radius 2 is 1.92 bits per heavy atom. The second-order valence-electron chi connectivity index (χ2n) is 9.33. The molecule has 194 valence electrons. The lowest BCUT2D eigenvalue weighted by molar-refractivity contribution is 0.00996. The molecule has 0 saturated carbocycles. The fourth-order valence-electron chi connectivity index (χ4n) is 4.71. The van der Waals surface area contributed by atoms with Crippen molar-refractivity contribution in [3.63, 3.8) is 0 Å². The van der Waals surface area contributed by atoms with Gasteiger partial charge in [0.2, 0.25) is 0 Å². The highest BCUT2D eigenvalue weighted by atomic mass is 35.5. The lowest BCUT2D eigenvalue weighted by Gasteiger charge is -2.45. The second kappa shape index (κ2) is 11.9. The van der Waals surface area contributed by atoms with Crippen molar-refractivity contribution < 1.29 is 20.1 Å². The number of nitrogens with zero attached hydrogens (tertiary/aromatic N) is 4. The van der Waals surface area contributed by atoms with Gasteiger partial charge >= 0.3 is 0 Å². The molecular weight excluding hydrogens is 492 g/mol. The van der Waals surface area contributed by atoms with Crippen LogP contribution in [0.1, 0.15) is 35.3 Å². The number of halogens is 1. The molecule has 8 nitrogen and oxygen atoms in total. The molecule has 0 unspecified atom stereocenters. The summed E-state index contributed by atoms with van der Waals surface area (Å²) in [6.07, 6.45) is 1.61. The summed E-state index contributed by atoms with van der Waals surface area (Å²) in [7, 11) is 0. The minimum absolute atomic E-state index is 0.0898. The van der Waals surface area contributed by atoms with Crippen LogP contribution in [0.2, 0.25) is 5.02 Å².